The summed E-state index contributed by atoms with van der Waals surface area (Å²) in [5.74, 6) is -0.517. The van der Waals surface area contributed by atoms with E-state index >= 15 is 0 Å². The topological polar surface area (TPSA) is 99.5 Å². The molecule has 1 aromatic carbocycles. The lowest BCUT2D eigenvalue weighted by molar-refractivity contribution is -0.148. The molecular weight excluding hydrogens is 345 g/mol. The molecule has 0 aliphatic heterocycles. The normalized spacial score (nSPS) is 15.1. The minimum absolute atomic E-state index is 0.172. The van der Waals surface area contributed by atoms with Crippen LogP contribution in [0.25, 0.3) is 10.9 Å². The van der Waals surface area contributed by atoms with Crippen molar-refractivity contribution in [3.63, 3.8) is 0 Å². The van der Waals surface area contributed by atoms with E-state index in [0.717, 1.165) is 5.39 Å². The SMILES string of the molecule is COCP(=O)(N[C@@H](C)C(=O)OC(C)C)n1ncc2ccc(C=O)cc21. The summed E-state index contributed by atoms with van der Waals surface area (Å²) in [6.07, 6.45) is 1.80. The highest BCUT2D eigenvalue weighted by Gasteiger charge is 2.32. The number of rotatable bonds is 8. The lowest BCUT2D eigenvalue weighted by Gasteiger charge is -2.23. The molecule has 1 N–H and O–H groups in total. The average Bonchev–Trinajstić information content (AvgIpc) is 2.97. The number of benzene rings is 1. The number of ether oxygens (including phenoxy) is 2. The maximum Gasteiger partial charge on any atom is 0.323 e. The van der Waals surface area contributed by atoms with Gasteiger partial charge >= 0.3 is 5.97 Å². The van der Waals surface area contributed by atoms with Gasteiger partial charge in [-0.15, -0.1) is 0 Å². The molecule has 9 heteroatoms. The molecule has 0 saturated heterocycles. The van der Waals surface area contributed by atoms with Crippen molar-refractivity contribution in [2.75, 3.05) is 13.5 Å². The Bertz CT molecular complexity index is 817. The van der Waals surface area contributed by atoms with Gasteiger partial charge in [-0.1, -0.05) is 12.1 Å². The second kappa shape index (κ2) is 7.91. The molecule has 0 spiro atoms. The molecule has 136 valence electrons. The first kappa shape index (κ1) is 19.3. The average molecular weight is 367 g/mol. The van der Waals surface area contributed by atoms with E-state index in [1.165, 1.54) is 11.6 Å². The van der Waals surface area contributed by atoms with Crippen LogP contribution in [0, 0.1) is 0 Å². The van der Waals surface area contributed by atoms with Crippen molar-refractivity contribution in [1.29, 1.82) is 0 Å². The fourth-order valence-corrected chi connectivity index (χ4v) is 4.46. The molecule has 0 fully saturated rings. The maximum atomic E-state index is 13.5. The number of nitrogens with one attached hydrogen (secondary N) is 1. The first-order valence-corrected chi connectivity index (χ1v) is 9.65. The summed E-state index contributed by atoms with van der Waals surface area (Å²) >= 11 is 0. The molecule has 0 aliphatic rings. The number of nitrogens with zero attached hydrogens (tertiary/aromatic N) is 2. The Labute approximate surface area is 146 Å². The van der Waals surface area contributed by atoms with Gasteiger partial charge in [-0.25, -0.2) is 5.09 Å². The molecule has 0 radical (unpaired) electrons. The Hall–Kier alpha value is -2.02. The van der Waals surface area contributed by atoms with Crippen LogP contribution in [-0.2, 0) is 18.8 Å². The molecule has 1 unspecified atom stereocenters. The highest BCUT2D eigenvalue weighted by Crippen LogP contribution is 2.44. The van der Waals surface area contributed by atoms with Gasteiger partial charge in [-0.05, 0) is 26.8 Å². The third-order valence-corrected chi connectivity index (χ3v) is 5.75. The largest absolute Gasteiger partial charge is 0.462 e. The van der Waals surface area contributed by atoms with E-state index in [0.29, 0.717) is 17.4 Å². The molecule has 8 nitrogen and oxygen atoms in total. The summed E-state index contributed by atoms with van der Waals surface area (Å²) in [6, 6.07) is 4.14. The predicted octanol–water partition coefficient (Wildman–Crippen LogP) is 2.42. The van der Waals surface area contributed by atoms with Gasteiger partial charge in [0.1, 0.15) is 18.7 Å². The van der Waals surface area contributed by atoms with E-state index in [9.17, 15) is 14.2 Å². The highest BCUT2D eigenvalue weighted by molar-refractivity contribution is 7.60. The van der Waals surface area contributed by atoms with E-state index in [1.54, 1.807) is 45.2 Å². The van der Waals surface area contributed by atoms with E-state index in [-0.39, 0.29) is 12.5 Å². The number of hydrogen-bond acceptors (Lipinski definition) is 6. The molecule has 2 aromatic rings. The smallest absolute Gasteiger partial charge is 0.323 e. The second-order valence-corrected chi connectivity index (χ2v) is 8.22. The summed E-state index contributed by atoms with van der Waals surface area (Å²) < 4.78 is 25.0. The fourth-order valence-electron chi connectivity index (χ4n) is 2.36. The molecule has 25 heavy (non-hydrogen) atoms. The molecule has 1 heterocycles. The van der Waals surface area contributed by atoms with Crippen LogP contribution in [-0.4, -0.2) is 47.4 Å². The van der Waals surface area contributed by atoms with Crippen LogP contribution in [0.5, 0.6) is 0 Å². The number of hydrogen-bond donors (Lipinski definition) is 1. The Balaban J connectivity index is 2.41. The van der Waals surface area contributed by atoms with E-state index < -0.39 is 19.5 Å². The van der Waals surface area contributed by atoms with E-state index in [4.69, 9.17) is 9.47 Å². The van der Waals surface area contributed by atoms with Crippen LogP contribution in [0.2, 0.25) is 0 Å². The van der Waals surface area contributed by atoms with Crippen LogP contribution in [0.3, 0.4) is 0 Å². The number of carbonyl (C=O) groups is 2. The highest BCUT2D eigenvalue weighted by atomic mass is 31.2. The Kier molecular flexibility index (Phi) is 6.11. The molecule has 2 atom stereocenters. The van der Waals surface area contributed by atoms with Crippen molar-refractivity contribution in [1.82, 2.24) is 14.6 Å². The Morgan fingerprint density at radius 2 is 2.12 bits per heavy atom. The summed E-state index contributed by atoms with van der Waals surface area (Å²) in [5.41, 5.74) is 0.951. The van der Waals surface area contributed by atoms with E-state index in [2.05, 4.69) is 10.2 Å². The van der Waals surface area contributed by atoms with Crippen molar-refractivity contribution in [3.05, 3.63) is 30.0 Å². The molecule has 0 amide bonds. The van der Waals surface area contributed by atoms with Gasteiger partial charge < -0.3 is 9.47 Å². The molecule has 0 bridgehead atoms. The van der Waals surface area contributed by atoms with Gasteiger partial charge in [0, 0.05) is 18.1 Å². The minimum atomic E-state index is -3.44. The number of methoxy groups -OCH3 is 1. The van der Waals surface area contributed by atoms with Crippen LogP contribution in [0.1, 0.15) is 31.1 Å². The summed E-state index contributed by atoms with van der Waals surface area (Å²) in [6.45, 7) is 5.04. The second-order valence-electron chi connectivity index (χ2n) is 5.93. The maximum absolute atomic E-state index is 13.5. The van der Waals surface area contributed by atoms with Gasteiger partial charge in [0.25, 0.3) is 7.44 Å². The van der Waals surface area contributed by atoms with Crippen LogP contribution >= 0.6 is 7.44 Å². The van der Waals surface area contributed by atoms with Gasteiger partial charge in [0.2, 0.25) is 0 Å². The lowest BCUT2D eigenvalue weighted by atomic mass is 10.2. The quantitative estimate of drug-likeness (QED) is 0.434. The van der Waals surface area contributed by atoms with Crippen LogP contribution < -0.4 is 5.09 Å². The first-order valence-electron chi connectivity index (χ1n) is 7.81. The van der Waals surface area contributed by atoms with Crippen molar-refractivity contribution < 1.29 is 23.6 Å². The molecular formula is C16H22N3O5P. The standard InChI is InChI=1S/C16H22N3O5P/c1-11(2)24-16(21)12(3)18-25(22,10-23-4)19-15-7-13(9-20)5-6-14(15)8-17-19/h5-9,11-12H,10H2,1-4H3,(H,18,22)/t12-,25?/m0/s1. The van der Waals surface area contributed by atoms with Crippen molar-refractivity contribution in [3.8, 4) is 0 Å². The number of esters is 1. The minimum Gasteiger partial charge on any atom is -0.462 e. The fraction of sp³-hybridized carbons (Fsp3) is 0.438. The molecule has 1 aromatic heterocycles. The van der Waals surface area contributed by atoms with Crippen molar-refractivity contribution >= 4 is 30.6 Å². The number of fused-ring (bicyclic) bond motifs is 1. The first-order chi connectivity index (χ1) is 11.8. The molecule has 0 aliphatic carbocycles. The zero-order valence-corrected chi connectivity index (χ0v) is 15.5. The van der Waals surface area contributed by atoms with E-state index in [1.807, 2.05) is 0 Å². The number of aldehydes is 1. The zero-order chi connectivity index (χ0) is 18.6. The third-order valence-electron chi connectivity index (χ3n) is 3.42. The number of carbonyl (C=O) groups excluding carboxylic acids is 2. The Morgan fingerprint density at radius 1 is 1.40 bits per heavy atom. The Morgan fingerprint density at radius 3 is 2.72 bits per heavy atom. The number of aromatic nitrogens is 2. The van der Waals surface area contributed by atoms with Crippen molar-refractivity contribution in [2.45, 2.75) is 32.9 Å². The van der Waals surface area contributed by atoms with Crippen molar-refractivity contribution in [2.24, 2.45) is 0 Å². The summed E-state index contributed by atoms with van der Waals surface area (Å²) in [7, 11) is -2.03. The van der Waals surface area contributed by atoms with Gasteiger partial charge in [-0.2, -0.15) is 9.55 Å². The monoisotopic (exact) mass is 367 g/mol. The predicted molar refractivity (Wildman–Crippen MR) is 93.8 cm³/mol. The summed E-state index contributed by atoms with van der Waals surface area (Å²) in [5, 5.41) is 7.70. The van der Waals surface area contributed by atoms with Crippen LogP contribution in [0.4, 0.5) is 0 Å². The molecule has 0 saturated carbocycles. The molecule has 2 rings (SSSR count). The van der Waals surface area contributed by atoms with Gasteiger partial charge in [-0.3, -0.25) is 14.2 Å². The van der Waals surface area contributed by atoms with Crippen LogP contribution in [0.15, 0.2) is 24.4 Å². The third kappa shape index (κ3) is 4.34. The lowest BCUT2D eigenvalue weighted by Crippen LogP contribution is -2.37. The zero-order valence-electron chi connectivity index (χ0n) is 14.6. The van der Waals surface area contributed by atoms with Gasteiger partial charge in [0.05, 0.1) is 17.8 Å². The summed E-state index contributed by atoms with van der Waals surface area (Å²) in [4.78, 5) is 23.1. The van der Waals surface area contributed by atoms with Gasteiger partial charge in [0.15, 0.2) is 0 Å².